The van der Waals surface area contributed by atoms with Gasteiger partial charge in [-0.2, -0.15) is 0 Å². The molecule has 1 unspecified atom stereocenters. The van der Waals surface area contributed by atoms with Gasteiger partial charge in [0.15, 0.2) is 0 Å². The summed E-state index contributed by atoms with van der Waals surface area (Å²) in [5, 5.41) is 19.8. The fourth-order valence-electron chi connectivity index (χ4n) is 1.65. The Morgan fingerprint density at radius 2 is 2.05 bits per heavy atom. The molecule has 0 bridgehead atoms. The topological polar surface area (TPSA) is 109 Å². The molecule has 104 valence electrons. The highest BCUT2D eigenvalue weighted by molar-refractivity contribution is 5.95. The molecule has 1 amide bonds. The molecular formula is C12H16N2O5. The third-order valence-electron chi connectivity index (χ3n) is 2.65. The monoisotopic (exact) mass is 268 g/mol. The Balaban J connectivity index is 2.71. The maximum absolute atomic E-state index is 11.9. The van der Waals surface area contributed by atoms with E-state index in [1.165, 1.54) is 0 Å². The predicted octanol–water partition coefficient (Wildman–Crippen LogP) is 0.556. The van der Waals surface area contributed by atoms with Gasteiger partial charge in [-0.25, -0.2) is 4.79 Å². The van der Waals surface area contributed by atoms with Crippen LogP contribution in [0.2, 0.25) is 0 Å². The lowest BCUT2D eigenvalue weighted by molar-refractivity contribution is -0.140. The summed E-state index contributed by atoms with van der Waals surface area (Å²) in [7, 11) is 0. The first-order valence-corrected chi connectivity index (χ1v) is 5.86. The molecule has 0 aliphatic carbocycles. The lowest BCUT2D eigenvalue weighted by atomic mass is 10.1. The van der Waals surface area contributed by atoms with Gasteiger partial charge in [0.2, 0.25) is 0 Å². The zero-order valence-corrected chi connectivity index (χ0v) is 10.5. The number of rotatable bonds is 7. The summed E-state index contributed by atoms with van der Waals surface area (Å²) in [6, 6.07) is 2.06. The van der Waals surface area contributed by atoms with Crippen molar-refractivity contribution in [1.82, 2.24) is 9.88 Å². The van der Waals surface area contributed by atoms with Crippen molar-refractivity contribution in [2.45, 2.75) is 32.4 Å². The van der Waals surface area contributed by atoms with Crippen LogP contribution in [-0.2, 0) is 16.1 Å². The van der Waals surface area contributed by atoms with Crippen molar-refractivity contribution in [2.24, 2.45) is 0 Å². The van der Waals surface area contributed by atoms with E-state index in [2.05, 4.69) is 5.32 Å². The largest absolute Gasteiger partial charge is 0.481 e. The maximum atomic E-state index is 11.9. The summed E-state index contributed by atoms with van der Waals surface area (Å²) >= 11 is 0. The van der Waals surface area contributed by atoms with E-state index in [-0.39, 0.29) is 12.8 Å². The average Bonchev–Trinajstić information content (AvgIpc) is 2.81. The fraction of sp³-hybridized carbons (Fsp3) is 0.417. The molecule has 3 N–H and O–H groups in total. The molecule has 1 rings (SSSR count). The number of carboxylic acid groups (broad SMARTS) is 2. The van der Waals surface area contributed by atoms with Gasteiger partial charge in [0.1, 0.15) is 11.7 Å². The molecule has 7 nitrogen and oxygen atoms in total. The average molecular weight is 268 g/mol. The number of hydrogen-bond donors (Lipinski definition) is 3. The summed E-state index contributed by atoms with van der Waals surface area (Å²) in [5.41, 5.74) is 0.351. The van der Waals surface area contributed by atoms with Gasteiger partial charge in [-0.05, 0) is 25.5 Å². The smallest absolute Gasteiger partial charge is 0.326 e. The van der Waals surface area contributed by atoms with E-state index < -0.39 is 23.9 Å². The van der Waals surface area contributed by atoms with Gasteiger partial charge in [-0.3, -0.25) is 9.59 Å². The zero-order chi connectivity index (χ0) is 14.4. The Bertz CT molecular complexity index is 480. The number of carbonyl (C=O) groups is 3. The van der Waals surface area contributed by atoms with Crippen molar-refractivity contribution in [1.29, 1.82) is 0 Å². The van der Waals surface area contributed by atoms with Crippen LogP contribution in [0.4, 0.5) is 0 Å². The van der Waals surface area contributed by atoms with E-state index in [9.17, 15) is 14.4 Å². The normalized spacial score (nSPS) is 11.8. The Labute approximate surface area is 109 Å². The lowest BCUT2D eigenvalue weighted by Gasteiger charge is -2.14. The number of carbonyl (C=O) groups excluding carboxylic acids is 1. The minimum absolute atomic E-state index is 0.150. The van der Waals surface area contributed by atoms with Gasteiger partial charge in [0.05, 0.1) is 0 Å². The third kappa shape index (κ3) is 4.13. The van der Waals surface area contributed by atoms with Crippen LogP contribution >= 0.6 is 0 Å². The second-order valence-electron chi connectivity index (χ2n) is 3.98. The second-order valence-corrected chi connectivity index (χ2v) is 3.98. The van der Waals surface area contributed by atoms with Crippen LogP contribution in [0.25, 0.3) is 0 Å². The summed E-state index contributed by atoms with van der Waals surface area (Å²) in [6.07, 6.45) is 1.25. The molecule has 1 heterocycles. The molecule has 1 aromatic rings. The highest BCUT2D eigenvalue weighted by atomic mass is 16.4. The minimum atomic E-state index is -1.25. The van der Waals surface area contributed by atoms with E-state index >= 15 is 0 Å². The standard InChI is InChI=1S/C12H16N2O5/c1-2-14-7-3-4-9(14)11(17)13-8(12(18)19)5-6-10(15)16/h3-4,7-8H,2,5-6H2,1H3,(H,13,17)(H,15,16)(H,18,19). The summed E-state index contributed by atoms with van der Waals surface area (Å²) in [6.45, 7) is 2.44. The highest BCUT2D eigenvalue weighted by Gasteiger charge is 2.22. The maximum Gasteiger partial charge on any atom is 0.326 e. The van der Waals surface area contributed by atoms with Gasteiger partial charge >= 0.3 is 11.9 Å². The van der Waals surface area contributed by atoms with Gasteiger partial charge in [-0.15, -0.1) is 0 Å². The lowest BCUT2D eigenvalue weighted by Crippen LogP contribution is -2.41. The van der Waals surface area contributed by atoms with Crippen LogP contribution < -0.4 is 5.32 Å². The number of aromatic nitrogens is 1. The molecular weight excluding hydrogens is 252 g/mol. The predicted molar refractivity (Wildman–Crippen MR) is 65.9 cm³/mol. The molecule has 19 heavy (non-hydrogen) atoms. The molecule has 1 aromatic heterocycles. The molecule has 7 heteroatoms. The van der Waals surface area contributed by atoms with Crippen LogP contribution in [-0.4, -0.2) is 38.7 Å². The van der Waals surface area contributed by atoms with E-state index in [1.807, 2.05) is 6.92 Å². The molecule has 0 saturated heterocycles. The number of hydrogen-bond acceptors (Lipinski definition) is 3. The van der Waals surface area contributed by atoms with Crippen LogP contribution in [0.3, 0.4) is 0 Å². The van der Waals surface area contributed by atoms with Crippen molar-refractivity contribution < 1.29 is 24.6 Å². The number of nitrogens with zero attached hydrogens (tertiary/aromatic N) is 1. The summed E-state index contributed by atoms with van der Waals surface area (Å²) < 4.78 is 1.67. The minimum Gasteiger partial charge on any atom is -0.481 e. The van der Waals surface area contributed by atoms with Gasteiger partial charge in [-0.1, -0.05) is 0 Å². The molecule has 0 fully saturated rings. The third-order valence-corrected chi connectivity index (χ3v) is 2.65. The Morgan fingerprint density at radius 1 is 1.37 bits per heavy atom. The SMILES string of the molecule is CCn1cccc1C(=O)NC(CCC(=O)O)C(=O)O. The van der Waals surface area contributed by atoms with E-state index in [0.717, 1.165) is 0 Å². The van der Waals surface area contributed by atoms with Crippen LogP contribution in [0.1, 0.15) is 30.3 Å². The van der Waals surface area contributed by atoms with Gasteiger partial charge in [0.25, 0.3) is 5.91 Å². The first-order chi connectivity index (χ1) is 8.95. The molecule has 0 aromatic carbocycles. The van der Waals surface area contributed by atoms with Gasteiger partial charge < -0.3 is 20.1 Å². The van der Waals surface area contributed by atoms with Crippen molar-refractivity contribution in [3.8, 4) is 0 Å². The van der Waals surface area contributed by atoms with Crippen LogP contribution in [0.15, 0.2) is 18.3 Å². The van der Waals surface area contributed by atoms with Crippen LogP contribution in [0, 0.1) is 0 Å². The first-order valence-electron chi connectivity index (χ1n) is 5.86. The van der Waals surface area contributed by atoms with Crippen molar-refractivity contribution >= 4 is 17.8 Å². The van der Waals surface area contributed by atoms with E-state index in [1.54, 1.807) is 22.9 Å². The van der Waals surface area contributed by atoms with Crippen molar-refractivity contribution in [3.05, 3.63) is 24.0 Å². The number of aliphatic carboxylic acids is 2. The fourth-order valence-corrected chi connectivity index (χ4v) is 1.65. The Morgan fingerprint density at radius 3 is 2.58 bits per heavy atom. The number of carboxylic acids is 2. The van der Waals surface area contributed by atoms with Crippen molar-refractivity contribution in [2.75, 3.05) is 0 Å². The van der Waals surface area contributed by atoms with Crippen molar-refractivity contribution in [3.63, 3.8) is 0 Å². The van der Waals surface area contributed by atoms with Crippen LogP contribution in [0.5, 0.6) is 0 Å². The number of nitrogens with one attached hydrogen (secondary N) is 1. The zero-order valence-electron chi connectivity index (χ0n) is 10.5. The second kappa shape index (κ2) is 6.58. The van der Waals surface area contributed by atoms with Gasteiger partial charge in [0, 0.05) is 19.2 Å². The molecule has 1 atom stereocenters. The molecule has 0 aliphatic rings. The Kier molecular flexibility index (Phi) is 5.11. The van der Waals surface area contributed by atoms with E-state index in [0.29, 0.717) is 12.2 Å². The summed E-state index contributed by atoms with van der Waals surface area (Å²) in [5.74, 6) is -2.87. The number of amides is 1. The number of aryl methyl sites for hydroxylation is 1. The summed E-state index contributed by atoms with van der Waals surface area (Å²) in [4.78, 5) is 33.3. The molecule has 0 aliphatic heterocycles. The first kappa shape index (κ1) is 14.7. The molecule has 0 saturated carbocycles. The quantitative estimate of drug-likeness (QED) is 0.669. The molecule has 0 spiro atoms. The highest BCUT2D eigenvalue weighted by Crippen LogP contribution is 2.05. The molecule has 0 radical (unpaired) electrons. The van der Waals surface area contributed by atoms with E-state index in [4.69, 9.17) is 10.2 Å². The Hall–Kier alpha value is -2.31.